The Balaban J connectivity index is 3.32. The lowest BCUT2D eigenvalue weighted by molar-refractivity contribution is 0.269. The molecule has 0 saturated carbocycles. The molecule has 0 aliphatic rings. The zero-order chi connectivity index (χ0) is 16.3. The van der Waals surface area contributed by atoms with E-state index in [4.69, 9.17) is 0 Å². The van der Waals surface area contributed by atoms with Gasteiger partial charge in [-0.1, -0.05) is 13.0 Å². The van der Waals surface area contributed by atoms with Crippen LogP contribution in [0.1, 0.15) is 39.0 Å². The molecule has 0 radical (unpaired) electrons. The van der Waals surface area contributed by atoms with Gasteiger partial charge in [-0.15, -0.1) is 6.58 Å². The SMILES string of the molecule is C=CCN(C(C)(C)C)S(=O)(=O)c1n[nH]c(C)c1CNCC. The first-order valence-electron chi connectivity index (χ1n) is 7.04. The molecular weight excluding hydrogens is 288 g/mol. The van der Waals surface area contributed by atoms with E-state index < -0.39 is 15.6 Å². The molecule has 0 spiro atoms. The van der Waals surface area contributed by atoms with Crippen molar-refractivity contribution in [1.29, 1.82) is 0 Å². The molecule has 0 aliphatic heterocycles. The number of hydrogen-bond acceptors (Lipinski definition) is 4. The number of hydrogen-bond donors (Lipinski definition) is 2. The Hall–Kier alpha value is -1.18. The third kappa shape index (κ3) is 3.93. The summed E-state index contributed by atoms with van der Waals surface area (Å²) in [6.07, 6.45) is 1.59. The molecule has 1 heterocycles. The average Bonchev–Trinajstić information content (AvgIpc) is 2.74. The number of sulfonamides is 1. The minimum Gasteiger partial charge on any atom is -0.313 e. The van der Waals surface area contributed by atoms with Gasteiger partial charge < -0.3 is 5.32 Å². The van der Waals surface area contributed by atoms with Crippen molar-refractivity contribution in [2.45, 2.75) is 51.7 Å². The lowest BCUT2D eigenvalue weighted by Crippen LogP contribution is -2.46. The van der Waals surface area contributed by atoms with Crippen LogP contribution < -0.4 is 5.32 Å². The van der Waals surface area contributed by atoms with E-state index in [1.807, 2.05) is 34.6 Å². The Morgan fingerprint density at radius 2 is 2.05 bits per heavy atom. The molecule has 120 valence electrons. The van der Waals surface area contributed by atoms with Gasteiger partial charge in [0.2, 0.25) is 0 Å². The molecule has 0 fully saturated rings. The Morgan fingerprint density at radius 1 is 1.43 bits per heavy atom. The van der Waals surface area contributed by atoms with Crippen LogP contribution in [0.2, 0.25) is 0 Å². The highest BCUT2D eigenvalue weighted by Crippen LogP contribution is 2.26. The minimum atomic E-state index is -3.68. The highest BCUT2D eigenvalue weighted by Gasteiger charge is 2.36. The number of aryl methyl sites for hydroxylation is 1. The van der Waals surface area contributed by atoms with Crippen molar-refractivity contribution in [3.05, 3.63) is 23.9 Å². The minimum absolute atomic E-state index is 0.0951. The molecular formula is C14H26N4O2S. The van der Waals surface area contributed by atoms with Gasteiger partial charge in [-0.2, -0.15) is 9.40 Å². The van der Waals surface area contributed by atoms with E-state index in [1.165, 1.54) is 4.31 Å². The molecule has 1 aromatic heterocycles. The third-order valence-electron chi connectivity index (χ3n) is 3.17. The molecule has 21 heavy (non-hydrogen) atoms. The first-order valence-corrected chi connectivity index (χ1v) is 8.48. The molecule has 0 aliphatic carbocycles. The Morgan fingerprint density at radius 3 is 2.52 bits per heavy atom. The number of nitrogens with one attached hydrogen (secondary N) is 2. The van der Waals surface area contributed by atoms with Gasteiger partial charge in [-0.05, 0) is 34.2 Å². The van der Waals surface area contributed by atoms with Crippen molar-refractivity contribution in [2.75, 3.05) is 13.1 Å². The van der Waals surface area contributed by atoms with Gasteiger partial charge in [-0.25, -0.2) is 8.42 Å². The molecule has 0 aromatic carbocycles. The van der Waals surface area contributed by atoms with Gasteiger partial charge >= 0.3 is 0 Å². The molecule has 2 N–H and O–H groups in total. The summed E-state index contributed by atoms with van der Waals surface area (Å²) in [4.78, 5) is 0. The van der Waals surface area contributed by atoms with Crippen LogP contribution in [-0.2, 0) is 16.6 Å². The third-order valence-corrected chi connectivity index (χ3v) is 5.27. The summed E-state index contributed by atoms with van der Waals surface area (Å²) < 4.78 is 27.3. The summed E-state index contributed by atoms with van der Waals surface area (Å²) in [6.45, 7) is 14.5. The maximum absolute atomic E-state index is 12.9. The van der Waals surface area contributed by atoms with Crippen molar-refractivity contribution < 1.29 is 8.42 Å². The van der Waals surface area contributed by atoms with Crippen molar-refractivity contribution in [3.63, 3.8) is 0 Å². The Labute approximate surface area is 127 Å². The van der Waals surface area contributed by atoms with Crippen LogP contribution in [0.3, 0.4) is 0 Å². The maximum atomic E-state index is 12.9. The summed E-state index contributed by atoms with van der Waals surface area (Å²) in [6, 6.07) is 0. The van der Waals surface area contributed by atoms with E-state index in [-0.39, 0.29) is 11.6 Å². The standard InChI is InChI=1S/C14H26N4O2S/c1-7-9-18(14(4,5)6)21(19,20)13-12(10-15-8-2)11(3)16-17-13/h7,15H,1,8-10H2,2-6H3,(H,16,17). The number of aromatic nitrogens is 2. The summed E-state index contributed by atoms with van der Waals surface area (Å²) in [5, 5.41) is 10.1. The van der Waals surface area contributed by atoms with Crippen LogP contribution >= 0.6 is 0 Å². The second kappa shape index (κ2) is 6.72. The lowest BCUT2D eigenvalue weighted by Gasteiger charge is -2.33. The number of nitrogens with zero attached hydrogens (tertiary/aromatic N) is 2. The molecule has 0 unspecified atom stereocenters. The second-order valence-corrected chi connectivity index (χ2v) is 7.69. The molecule has 6 nitrogen and oxygen atoms in total. The highest BCUT2D eigenvalue weighted by atomic mass is 32.2. The molecule has 7 heteroatoms. The molecule has 0 atom stereocenters. The first kappa shape index (κ1) is 17.9. The topological polar surface area (TPSA) is 78.1 Å². The van der Waals surface area contributed by atoms with Crippen molar-refractivity contribution in [3.8, 4) is 0 Å². The molecule has 0 bridgehead atoms. The normalized spacial score (nSPS) is 12.9. The monoisotopic (exact) mass is 314 g/mol. The van der Waals surface area contributed by atoms with E-state index >= 15 is 0 Å². The molecule has 1 rings (SSSR count). The zero-order valence-electron chi connectivity index (χ0n) is 13.5. The fourth-order valence-electron chi connectivity index (χ4n) is 2.06. The smallest absolute Gasteiger partial charge is 0.263 e. The van der Waals surface area contributed by atoms with E-state index in [0.29, 0.717) is 12.1 Å². The Kier molecular flexibility index (Phi) is 5.72. The summed E-state index contributed by atoms with van der Waals surface area (Å²) >= 11 is 0. The van der Waals surface area contributed by atoms with Crippen LogP contribution in [0.4, 0.5) is 0 Å². The lowest BCUT2D eigenvalue weighted by atomic mass is 10.1. The van der Waals surface area contributed by atoms with Crippen molar-refractivity contribution in [2.24, 2.45) is 0 Å². The number of H-pyrrole nitrogens is 1. The van der Waals surface area contributed by atoms with Crippen LogP contribution in [-0.4, -0.2) is 41.5 Å². The van der Waals surface area contributed by atoms with E-state index in [9.17, 15) is 8.42 Å². The summed E-state index contributed by atoms with van der Waals surface area (Å²) in [5.41, 5.74) is 0.909. The molecule has 1 aromatic rings. The maximum Gasteiger partial charge on any atom is 0.263 e. The van der Waals surface area contributed by atoms with Gasteiger partial charge in [0.15, 0.2) is 5.03 Å². The van der Waals surface area contributed by atoms with Gasteiger partial charge in [0.1, 0.15) is 0 Å². The van der Waals surface area contributed by atoms with Crippen LogP contribution in [0.25, 0.3) is 0 Å². The average molecular weight is 314 g/mol. The van der Waals surface area contributed by atoms with Gasteiger partial charge in [0, 0.05) is 29.9 Å². The van der Waals surface area contributed by atoms with Gasteiger partial charge in [0.25, 0.3) is 10.0 Å². The van der Waals surface area contributed by atoms with Crippen LogP contribution in [0.5, 0.6) is 0 Å². The second-order valence-electron chi connectivity index (χ2n) is 5.91. The molecule has 0 amide bonds. The summed E-state index contributed by atoms with van der Waals surface area (Å²) in [5.74, 6) is 0. The van der Waals surface area contributed by atoms with E-state index in [2.05, 4.69) is 22.1 Å². The van der Waals surface area contributed by atoms with Gasteiger partial charge in [-0.3, -0.25) is 5.10 Å². The van der Waals surface area contributed by atoms with Crippen LogP contribution in [0.15, 0.2) is 17.7 Å². The van der Waals surface area contributed by atoms with Gasteiger partial charge in [0.05, 0.1) is 0 Å². The zero-order valence-corrected chi connectivity index (χ0v) is 14.3. The number of rotatable bonds is 7. The van der Waals surface area contributed by atoms with Crippen LogP contribution in [0, 0.1) is 6.92 Å². The number of aromatic amines is 1. The predicted octanol–water partition coefficient (Wildman–Crippen LogP) is 1.80. The fourth-order valence-corrected chi connectivity index (χ4v) is 3.98. The quantitative estimate of drug-likeness (QED) is 0.752. The van der Waals surface area contributed by atoms with Crippen molar-refractivity contribution >= 4 is 10.0 Å². The Bertz CT molecular complexity index is 585. The largest absolute Gasteiger partial charge is 0.313 e. The summed E-state index contributed by atoms with van der Waals surface area (Å²) in [7, 11) is -3.68. The van der Waals surface area contributed by atoms with E-state index in [0.717, 1.165) is 12.2 Å². The molecule has 0 saturated heterocycles. The first-order chi connectivity index (χ1) is 9.66. The van der Waals surface area contributed by atoms with Crippen molar-refractivity contribution in [1.82, 2.24) is 19.8 Å². The fraction of sp³-hybridized carbons (Fsp3) is 0.643. The highest BCUT2D eigenvalue weighted by molar-refractivity contribution is 7.89. The predicted molar refractivity (Wildman–Crippen MR) is 84.5 cm³/mol. The van der Waals surface area contributed by atoms with E-state index in [1.54, 1.807) is 6.08 Å².